The number of hydrogen-bond donors (Lipinski definition) is 1. The summed E-state index contributed by atoms with van der Waals surface area (Å²) >= 11 is 0. The Morgan fingerprint density at radius 2 is 2.11 bits per heavy atom. The molecule has 0 bridgehead atoms. The van der Waals surface area contributed by atoms with Crippen LogP contribution in [-0.2, 0) is 0 Å². The third kappa shape index (κ3) is 2.65. The molecule has 1 aliphatic rings. The average Bonchev–Trinajstić information content (AvgIpc) is 2.30. The predicted molar refractivity (Wildman–Crippen MR) is 67.3 cm³/mol. The average molecular weight is 271 g/mol. The molecule has 7 heteroatoms. The molecule has 0 radical (unpaired) electrons. The van der Waals surface area contributed by atoms with Gasteiger partial charge < -0.3 is 10.2 Å². The molecule has 1 fully saturated rings. The Morgan fingerprint density at radius 3 is 2.74 bits per heavy atom. The normalized spacial score (nSPS) is 23.5. The molecule has 2 unspecified atom stereocenters. The summed E-state index contributed by atoms with van der Waals surface area (Å²) < 4.78 is 27.0. The van der Waals surface area contributed by atoms with Crippen LogP contribution in [0.1, 0.15) is 13.8 Å². The zero-order valence-electron chi connectivity index (χ0n) is 10.7. The summed E-state index contributed by atoms with van der Waals surface area (Å²) in [7, 11) is 0. The Morgan fingerprint density at radius 1 is 1.42 bits per heavy atom. The van der Waals surface area contributed by atoms with Crippen molar-refractivity contribution in [2.45, 2.75) is 25.9 Å². The lowest BCUT2D eigenvalue weighted by atomic mass is 10.1. The highest BCUT2D eigenvalue weighted by Gasteiger charge is 2.31. The van der Waals surface area contributed by atoms with Gasteiger partial charge in [-0.25, -0.2) is 4.39 Å². The van der Waals surface area contributed by atoms with Crippen molar-refractivity contribution in [3.05, 3.63) is 33.9 Å². The number of rotatable bonds is 2. The third-order valence-electron chi connectivity index (χ3n) is 3.26. The van der Waals surface area contributed by atoms with Crippen LogP contribution in [0, 0.1) is 21.7 Å². The Labute approximate surface area is 109 Å². The highest BCUT2D eigenvalue weighted by atomic mass is 19.1. The molecule has 0 saturated carbocycles. The highest BCUT2D eigenvalue weighted by Crippen LogP contribution is 2.33. The van der Waals surface area contributed by atoms with Crippen molar-refractivity contribution >= 4 is 11.4 Å². The molecular formula is C12H15F2N3O2. The molecule has 1 aromatic rings. The standard InChI is InChI=1S/C12H15F2N3O2/c1-7-6-16(8(2)5-15-7)11-4-9(13)3-10(14)12(11)17(18)19/h3-4,7-8,15H,5-6H2,1-2H3. The molecule has 1 N–H and O–H groups in total. The molecular weight excluding hydrogens is 256 g/mol. The molecule has 2 rings (SSSR count). The smallest absolute Gasteiger partial charge is 0.328 e. The Kier molecular flexibility index (Phi) is 3.66. The fraction of sp³-hybridized carbons (Fsp3) is 0.500. The van der Waals surface area contributed by atoms with Crippen LogP contribution in [0.25, 0.3) is 0 Å². The minimum Gasteiger partial charge on any atom is -0.360 e. The monoisotopic (exact) mass is 271 g/mol. The van der Waals surface area contributed by atoms with E-state index in [4.69, 9.17) is 0 Å². The summed E-state index contributed by atoms with van der Waals surface area (Å²) in [5.74, 6) is -1.95. The van der Waals surface area contributed by atoms with E-state index < -0.39 is 22.2 Å². The van der Waals surface area contributed by atoms with Crippen LogP contribution in [0.3, 0.4) is 0 Å². The first-order valence-corrected chi connectivity index (χ1v) is 6.03. The Hall–Kier alpha value is -1.76. The second-order valence-electron chi connectivity index (χ2n) is 4.82. The maximum Gasteiger partial charge on any atom is 0.328 e. The van der Waals surface area contributed by atoms with Crippen LogP contribution in [-0.4, -0.2) is 30.1 Å². The second kappa shape index (κ2) is 5.08. The van der Waals surface area contributed by atoms with Gasteiger partial charge >= 0.3 is 5.69 Å². The molecule has 2 atom stereocenters. The first-order valence-electron chi connectivity index (χ1n) is 6.03. The number of halogens is 2. The number of nitrogens with zero attached hydrogens (tertiary/aromatic N) is 2. The number of anilines is 1. The number of nitro benzene ring substituents is 1. The minimum atomic E-state index is -1.14. The molecule has 104 valence electrons. The number of benzene rings is 1. The number of piperazine rings is 1. The van der Waals surface area contributed by atoms with Gasteiger partial charge in [0.1, 0.15) is 11.5 Å². The highest BCUT2D eigenvalue weighted by molar-refractivity contribution is 5.65. The fourth-order valence-electron chi connectivity index (χ4n) is 2.31. The molecule has 19 heavy (non-hydrogen) atoms. The summed E-state index contributed by atoms with van der Waals surface area (Å²) in [5, 5.41) is 14.2. The molecule has 1 aromatic carbocycles. The molecule has 5 nitrogen and oxygen atoms in total. The number of nitro groups is 1. The predicted octanol–water partition coefficient (Wildman–Crippen LogP) is 2.06. The van der Waals surface area contributed by atoms with E-state index >= 15 is 0 Å². The van der Waals surface area contributed by atoms with E-state index in [2.05, 4.69) is 5.32 Å². The van der Waals surface area contributed by atoms with E-state index in [9.17, 15) is 18.9 Å². The van der Waals surface area contributed by atoms with Crippen molar-refractivity contribution in [1.82, 2.24) is 5.32 Å². The third-order valence-corrected chi connectivity index (χ3v) is 3.26. The van der Waals surface area contributed by atoms with Gasteiger partial charge in [-0.3, -0.25) is 10.1 Å². The van der Waals surface area contributed by atoms with Gasteiger partial charge in [-0.1, -0.05) is 0 Å². The van der Waals surface area contributed by atoms with Crippen LogP contribution < -0.4 is 10.2 Å². The lowest BCUT2D eigenvalue weighted by Crippen LogP contribution is -2.54. The van der Waals surface area contributed by atoms with Crippen molar-refractivity contribution in [3.8, 4) is 0 Å². The van der Waals surface area contributed by atoms with Crippen molar-refractivity contribution in [2.75, 3.05) is 18.0 Å². The maximum atomic E-state index is 13.6. The van der Waals surface area contributed by atoms with E-state index in [1.165, 1.54) is 0 Å². The van der Waals surface area contributed by atoms with Crippen molar-refractivity contribution in [2.24, 2.45) is 0 Å². The first-order chi connectivity index (χ1) is 8.90. The lowest BCUT2D eigenvalue weighted by Gasteiger charge is -2.38. The molecule has 1 heterocycles. The molecule has 0 aliphatic carbocycles. The van der Waals surface area contributed by atoms with E-state index in [1.807, 2.05) is 13.8 Å². The summed E-state index contributed by atoms with van der Waals surface area (Å²) in [5.41, 5.74) is -0.661. The first kappa shape index (κ1) is 13.7. The van der Waals surface area contributed by atoms with Gasteiger partial charge in [0.2, 0.25) is 5.82 Å². The van der Waals surface area contributed by atoms with Crippen molar-refractivity contribution < 1.29 is 13.7 Å². The topological polar surface area (TPSA) is 58.4 Å². The van der Waals surface area contributed by atoms with Gasteiger partial charge in [0.05, 0.1) is 4.92 Å². The molecule has 0 spiro atoms. The second-order valence-corrected chi connectivity index (χ2v) is 4.82. The number of nitrogens with one attached hydrogen (secondary N) is 1. The Bertz CT molecular complexity index is 510. The van der Waals surface area contributed by atoms with E-state index in [1.54, 1.807) is 4.90 Å². The van der Waals surface area contributed by atoms with Gasteiger partial charge in [0, 0.05) is 37.3 Å². The fourth-order valence-corrected chi connectivity index (χ4v) is 2.31. The van der Waals surface area contributed by atoms with Crippen molar-refractivity contribution in [1.29, 1.82) is 0 Å². The van der Waals surface area contributed by atoms with Gasteiger partial charge in [-0.2, -0.15) is 4.39 Å². The lowest BCUT2D eigenvalue weighted by molar-refractivity contribution is -0.386. The van der Waals surface area contributed by atoms with E-state index in [0.29, 0.717) is 19.2 Å². The SMILES string of the molecule is CC1CN(c2cc(F)cc(F)c2[N+](=O)[O-])C(C)CN1. The van der Waals surface area contributed by atoms with Crippen LogP contribution in [0.2, 0.25) is 0 Å². The molecule has 1 saturated heterocycles. The zero-order chi connectivity index (χ0) is 14.2. The summed E-state index contributed by atoms with van der Waals surface area (Å²) in [6, 6.07) is 1.59. The van der Waals surface area contributed by atoms with Gasteiger partial charge in [0.25, 0.3) is 0 Å². The van der Waals surface area contributed by atoms with E-state index in [-0.39, 0.29) is 17.8 Å². The largest absolute Gasteiger partial charge is 0.360 e. The van der Waals surface area contributed by atoms with Gasteiger partial charge in [0.15, 0.2) is 0 Å². The minimum absolute atomic E-state index is 0.00310. The zero-order valence-corrected chi connectivity index (χ0v) is 10.7. The Balaban J connectivity index is 2.50. The van der Waals surface area contributed by atoms with Crippen LogP contribution in [0.5, 0.6) is 0 Å². The van der Waals surface area contributed by atoms with Crippen LogP contribution in [0.15, 0.2) is 12.1 Å². The van der Waals surface area contributed by atoms with Crippen molar-refractivity contribution in [3.63, 3.8) is 0 Å². The maximum absolute atomic E-state index is 13.6. The molecule has 1 aliphatic heterocycles. The van der Waals surface area contributed by atoms with Gasteiger partial charge in [-0.15, -0.1) is 0 Å². The summed E-state index contributed by atoms with van der Waals surface area (Å²) in [6.07, 6.45) is 0. The number of hydrogen-bond acceptors (Lipinski definition) is 4. The molecule has 0 amide bonds. The molecule has 0 aromatic heterocycles. The quantitative estimate of drug-likeness (QED) is 0.660. The van der Waals surface area contributed by atoms with E-state index in [0.717, 1.165) is 6.07 Å². The van der Waals surface area contributed by atoms with Crippen LogP contribution >= 0.6 is 0 Å². The summed E-state index contributed by atoms with van der Waals surface area (Å²) in [6.45, 7) is 4.84. The summed E-state index contributed by atoms with van der Waals surface area (Å²) in [4.78, 5) is 11.9. The van der Waals surface area contributed by atoms with Gasteiger partial charge in [-0.05, 0) is 13.8 Å². The van der Waals surface area contributed by atoms with Crippen LogP contribution in [0.4, 0.5) is 20.2 Å².